The maximum atomic E-state index is 12.2. The van der Waals surface area contributed by atoms with Gasteiger partial charge >= 0.3 is 0 Å². The van der Waals surface area contributed by atoms with E-state index >= 15 is 0 Å². The van der Waals surface area contributed by atoms with Crippen LogP contribution in [0.5, 0.6) is 0 Å². The highest BCUT2D eigenvalue weighted by Gasteiger charge is 2.69. The Hall–Kier alpha value is -0.960. The van der Waals surface area contributed by atoms with Gasteiger partial charge in [-0.2, -0.15) is 0 Å². The summed E-state index contributed by atoms with van der Waals surface area (Å²) in [5.74, 6) is -1.04. The summed E-state index contributed by atoms with van der Waals surface area (Å²) in [4.78, 5) is 0. The lowest BCUT2D eigenvalue weighted by Crippen LogP contribution is -2.65. The lowest BCUT2D eigenvalue weighted by Gasteiger charge is -2.62. The standard InChI is InChI=1S/C50H84O24/c1-19(16-66-45-40(62)36(58)34(56)29(14-51)70-45)5-10-50(65)20(2)32-28(74-50)13-24-22-12-26(53)25-11-21(6-8-48(25,3)23(22)7-9-49(24,32)4)69-46-42(64)38(60)43(73-47-41(63)37(59)35(57)30(15-52)71-47)31(72-46)18-68-44-39(61)33(55)27(54)17-67-44/h19-47,51-65H,5-18H2,1-4H3/t19-,20-,21-,22+,23-,24-,25+,26+,27-,28-,29+,30+,31+,32-,33-,34+,35+,36-,37-,38+,39+,40+,41+,42+,43+,44-,45+,46+,47-,48+,49-,50+/m0/s1. The minimum atomic E-state index is -1.87. The van der Waals surface area contributed by atoms with Crippen molar-refractivity contribution in [1.29, 1.82) is 0 Å². The van der Waals surface area contributed by atoms with Gasteiger partial charge in [-0.1, -0.05) is 27.7 Å². The summed E-state index contributed by atoms with van der Waals surface area (Å²) in [5, 5.41) is 160. The van der Waals surface area contributed by atoms with Crippen LogP contribution in [0.15, 0.2) is 0 Å². The summed E-state index contributed by atoms with van der Waals surface area (Å²) < 4.78 is 53.3. The molecule has 0 amide bonds. The maximum Gasteiger partial charge on any atom is 0.187 e. The van der Waals surface area contributed by atoms with E-state index in [2.05, 4.69) is 20.8 Å². The first-order chi connectivity index (χ1) is 35.0. The quantitative estimate of drug-likeness (QED) is 0.0689. The van der Waals surface area contributed by atoms with Crippen molar-refractivity contribution in [3.63, 3.8) is 0 Å². The van der Waals surface area contributed by atoms with E-state index < -0.39 is 155 Å². The number of fused-ring (bicyclic) bond motifs is 7. The SMILES string of the molecule is C[C@@H](CC[C@@]1(O)O[C@H]2C[C@H]3[C@@H]4C[C@@H](O)[C@H]5C[C@@H](O[C@@H]6O[C@H](CO[C@@H]7OC[C@H](O)[C@H](O)[C@H]7O)[C@@H](O[C@@H]7O[C@H](CO)[C@@H](O)[C@H](O)[C@H]7O)[C@H](O)[C@H]6O)CC[C@]5(C)[C@H]4CC[C@]3(C)[C@H]2[C@@H]1C)CO[C@@H]1O[C@H](CO)[C@@H](O)[C@H](O)[C@H]1O. The second-order valence-corrected chi connectivity index (χ2v) is 24.0. The second kappa shape index (κ2) is 22.5. The Balaban J connectivity index is 0.819. The molecule has 0 spiro atoms. The first kappa shape index (κ1) is 57.7. The number of aliphatic hydroxyl groups is 15. The van der Waals surface area contributed by atoms with Gasteiger partial charge in [0.2, 0.25) is 0 Å². The Morgan fingerprint density at radius 1 is 0.581 bits per heavy atom. The Kier molecular flexibility index (Phi) is 17.6. The molecule has 4 saturated carbocycles. The molecular formula is C50H84O24. The molecule has 5 aliphatic heterocycles. The summed E-state index contributed by atoms with van der Waals surface area (Å²) in [6.07, 6.45) is -25.2. The molecule has 4 aliphatic carbocycles. The van der Waals surface area contributed by atoms with Crippen molar-refractivity contribution in [2.24, 2.45) is 52.3 Å². The lowest BCUT2D eigenvalue weighted by molar-refractivity contribution is -0.370. The molecule has 0 aromatic heterocycles. The van der Waals surface area contributed by atoms with Crippen molar-refractivity contribution in [2.75, 3.05) is 33.0 Å². The number of hydrogen-bond acceptors (Lipinski definition) is 24. The van der Waals surface area contributed by atoms with E-state index in [9.17, 15) is 76.6 Å². The van der Waals surface area contributed by atoms with E-state index in [-0.39, 0.29) is 71.6 Å². The fourth-order valence-corrected chi connectivity index (χ4v) is 15.3. The fraction of sp³-hybridized carbons (Fsp3) is 1.00. The monoisotopic (exact) mass is 1070 g/mol. The summed E-state index contributed by atoms with van der Waals surface area (Å²) in [7, 11) is 0. The summed E-state index contributed by atoms with van der Waals surface area (Å²) in [6.45, 7) is 6.50. The average Bonchev–Trinajstić information content (AvgIpc) is 3.81. The molecular weight excluding hydrogens is 985 g/mol. The molecule has 24 nitrogen and oxygen atoms in total. The highest BCUT2D eigenvalue weighted by atomic mass is 16.8. The third kappa shape index (κ3) is 10.4. The minimum Gasteiger partial charge on any atom is -0.394 e. The molecule has 5 heterocycles. The molecule has 9 aliphatic rings. The molecule has 0 bridgehead atoms. The zero-order valence-electron chi connectivity index (χ0n) is 42.5. The predicted octanol–water partition coefficient (Wildman–Crippen LogP) is -4.35. The van der Waals surface area contributed by atoms with Gasteiger partial charge in [0.25, 0.3) is 0 Å². The van der Waals surface area contributed by atoms with Crippen LogP contribution < -0.4 is 0 Å². The molecule has 0 aromatic rings. The van der Waals surface area contributed by atoms with Crippen molar-refractivity contribution < 1.29 is 119 Å². The molecule has 0 unspecified atom stereocenters. The van der Waals surface area contributed by atoms with Crippen LogP contribution in [0.25, 0.3) is 0 Å². The van der Waals surface area contributed by atoms with E-state index in [0.717, 1.165) is 19.3 Å². The maximum absolute atomic E-state index is 12.2. The Morgan fingerprint density at radius 2 is 1.18 bits per heavy atom. The highest BCUT2D eigenvalue weighted by molar-refractivity contribution is 5.16. The van der Waals surface area contributed by atoms with Gasteiger partial charge < -0.3 is 119 Å². The second-order valence-electron chi connectivity index (χ2n) is 24.0. The molecule has 5 saturated heterocycles. The summed E-state index contributed by atoms with van der Waals surface area (Å²) >= 11 is 0. The smallest absolute Gasteiger partial charge is 0.187 e. The highest BCUT2D eigenvalue weighted by Crippen LogP contribution is 2.71. The van der Waals surface area contributed by atoms with Crippen molar-refractivity contribution in [3.05, 3.63) is 0 Å². The minimum absolute atomic E-state index is 0.0828. The number of aliphatic hydroxyl groups excluding tert-OH is 14. The molecule has 15 N–H and O–H groups in total. The average molecular weight is 1070 g/mol. The van der Waals surface area contributed by atoms with Gasteiger partial charge in [0.15, 0.2) is 30.9 Å². The van der Waals surface area contributed by atoms with Crippen LogP contribution in [0.1, 0.15) is 85.5 Å². The van der Waals surface area contributed by atoms with Crippen LogP contribution in [0, 0.1) is 52.3 Å². The van der Waals surface area contributed by atoms with Crippen LogP contribution in [0.4, 0.5) is 0 Å². The van der Waals surface area contributed by atoms with Crippen LogP contribution in [0.2, 0.25) is 0 Å². The van der Waals surface area contributed by atoms with Crippen molar-refractivity contribution >= 4 is 0 Å². The molecule has 74 heavy (non-hydrogen) atoms. The van der Waals surface area contributed by atoms with E-state index in [4.69, 9.17) is 42.6 Å². The van der Waals surface area contributed by atoms with Gasteiger partial charge in [0.05, 0.1) is 51.3 Å². The van der Waals surface area contributed by atoms with Crippen molar-refractivity contribution in [1.82, 2.24) is 0 Å². The van der Waals surface area contributed by atoms with Crippen LogP contribution in [0.3, 0.4) is 0 Å². The number of ether oxygens (including phenoxy) is 9. The lowest BCUT2D eigenvalue weighted by atomic mass is 9.43. The van der Waals surface area contributed by atoms with Gasteiger partial charge in [0.1, 0.15) is 91.6 Å². The number of rotatable bonds is 15. The topological polar surface area (TPSA) is 387 Å². The number of hydrogen-bond donors (Lipinski definition) is 15. The Bertz CT molecular complexity index is 1860. The largest absolute Gasteiger partial charge is 0.394 e. The molecule has 0 radical (unpaired) electrons. The van der Waals surface area contributed by atoms with Gasteiger partial charge in [-0.15, -0.1) is 0 Å². The van der Waals surface area contributed by atoms with Crippen molar-refractivity contribution in [3.8, 4) is 0 Å². The fourth-order valence-electron chi connectivity index (χ4n) is 15.3. The van der Waals surface area contributed by atoms with Crippen molar-refractivity contribution in [2.45, 2.75) is 226 Å². The zero-order valence-corrected chi connectivity index (χ0v) is 42.5. The molecule has 0 aromatic carbocycles. The first-order valence-electron chi connectivity index (χ1n) is 26.9. The third-order valence-electron chi connectivity index (χ3n) is 19.7. The van der Waals surface area contributed by atoms with E-state index in [0.29, 0.717) is 38.5 Å². The summed E-state index contributed by atoms with van der Waals surface area (Å²) in [6, 6.07) is 0. The van der Waals surface area contributed by atoms with Gasteiger partial charge in [-0.25, -0.2) is 0 Å². The Morgan fingerprint density at radius 3 is 1.85 bits per heavy atom. The first-order valence-corrected chi connectivity index (χ1v) is 26.9. The normalized spacial score (nSPS) is 56.0. The van der Waals surface area contributed by atoms with E-state index in [1.807, 2.05) is 6.92 Å². The van der Waals surface area contributed by atoms with Crippen LogP contribution in [-0.2, 0) is 42.6 Å². The van der Waals surface area contributed by atoms with Crippen LogP contribution in [-0.4, -0.2) is 250 Å². The van der Waals surface area contributed by atoms with Gasteiger partial charge in [-0.3, -0.25) is 0 Å². The summed E-state index contributed by atoms with van der Waals surface area (Å²) in [5.41, 5.74) is -0.424. The molecule has 24 heteroatoms. The van der Waals surface area contributed by atoms with Gasteiger partial charge in [0, 0.05) is 12.3 Å². The Labute approximate surface area is 430 Å². The van der Waals surface area contributed by atoms with Crippen LogP contribution >= 0.6 is 0 Å². The molecule has 32 atom stereocenters. The zero-order chi connectivity index (χ0) is 53.5. The predicted molar refractivity (Wildman–Crippen MR) is 247 cm³/mol. The van der Waals surface area contributed by atoms with E-state index in [1.165, 1.54) is 0 Å². The molecule has 9 fully saturated rings. The third-order valence-corrected chi connectivity index (χ3v) is 19.7. The molecule has 9 rings (SSSR count). The molecule has 428 valence electrons. The van der Waals surface area contributed by atoms with E-state index in [1.54, 1.807) is 0 Å². The van der Waals surface area contributed by atoms with Gasteiger partial charge in [-0.05, 0) is 97.7 Å².